The molecule has 1 aromatic carbocycles. The minimum atomic E-state index is -0.544. The molecule has 0 bridgehead atoms. The van der Waals surface area contributed by atoms with Crippen molar-refractivity contribution in [3.63, 3.8) is 0 Å². The lowest BCUT2D eigenvalue weighted by molar-refractivity contribution is 0.415. The zero-order valence-corrected chi connectivity index (χ0v) is 14.1. The van der Waals surface area contributed by atoms with Gasteiger partial charge in [-0.3, -0.25) is 4.79 Å². The molecule has 134 valence electrons. The van der Waals surface area contributed by atoms with Crippen molar-refractivity contribution in [1.82, 2.24) is 30.4 Å². The van der Waals surface area contributed by atoms with Crippen LogP contribution in [0.25, 0.3) is 11.3 Å². The van der Waals surface area contributed by atoms with Crippen LogP contribution in [-0.4, -0.2) is 37.5 Å². The Balaban J connectivity index is 1.81. The SMILES string of the molecule is COc1cccc(-c2n[nH]c(=O)c3c2[C@H](c2ccco2)n2nnnc2N3)c1. The summed E-state index contributed by atoms with van der Waals surface area (Å²) in [5.74, 6) is 1.61. The first-order valence-electron chi connectivity index (χ1n) is 8.11. The molecule has 2 N–H and O–H groups in total. The number of rotatable bonds is 3. The minimum Gasteiger partial charge on any atom is -0.497 e. The number of furan rings is 1. The molecule has 10 heteroatoms. The van der Waals surface area contributed by atoms with Gasteiger partial charge < -0.3 is 14.5 Å². The Morgan fingerprint density at radius 2 is 2.19 bits per heavy atom. The van der Waals surface area contributed by atoms with Crippen molar-refractivity contribution in [2.75, 3.05) is 12.4 Å². The topological polar surface area (TPSA) is 124 Å². The van der Waals surface area contributed by atoms with Crippen LogP contribution in [0.3, 0.4) is 0 Å². The first-order chi connectivity index (χ1) is 13.3. The van der Waals surface area contributed by atoms with Gasteiger partial charge in [-0.05, 0) is 34.7 Å². The molecule has 10 nitrogen and oxygen atoms in total. The van der Waals surface area contributed by atoms with Gasteiger partial charge in [-0.2, -0.15) is 9.78 Å². The van der Waals surface area contributed by atoms with Crippen LogP contribution in [0.2, 0.25) is 0 Å². The van der Waals surface area contributed by atoms with Crippen molar-refractivity contribution in [2.24, 2.45) is 0 Å². The van der Waals surface area contributed by atoms with Gasteiger partial charge >= 0.3 is 0 Å². The second-order valence-corrected chi connectivity index (χ2v) is 5.91. The highest BCUT2D eigenvalue weighted by atomic mass is 16.5. The van der Waals surface area contributed by atoms with Crippen molar-refractivity contribution in [2.45, 2.75) is 6.04 Å². The van der Waals surface area contributed by atoms with E-state index >= 15 is 0 Å². The number of benzene rings is 1. The van der Waals surface area contributed by atoms with E-state index in [1.165, 1.54) is 0 Å². The van der Waals surface area contributed by atoms with Crippen molar-refractivity contribution in [1.29, 1.82) is 0 Å². The van der Waals surface area contributed by atoms with Crippen molar-refractivity contribution < 1.29 is 9.15 Å². The third-order valence-corrected chi connectivity index (χ3v) is 4.42. The number of hydrogen-bond acceptors (Lipinski definition) is 8. The van der Waals surface area contributed by atoms with Crippen LogP contribution in [0.4, 0.5) is 11.6 Å². The summed E-state index contributed by atoms with van der Waals surface area (Å²) in [5, 5.41) is 21.5. The molecule has 0 spiro atoms. The van der Waals surface area contributed by atoms with E-state index in [0.717, 1.165) is 5.56 Å². The molecule has 4 aromatic rings. The van der Waals surface area contributed by atoms with E-state index in [9.17, 15) is 4.79 Å². The number of H-pyrrole nitrogens is 1. The van der Waals surface area contributed by atoms with Crippen molar-refractivity contribution in [3.05, 3.63) is 64.3 Å². The van der Waals surface area contributed by atoms with E-state index in [-0.39, 0.29) is 5.56 Å². The first kappa shape index (κ1) is 15.3. The van der Waals surface area contributed by atoms with Gasteiger partial charge in [-0.25, -0.2) is 5.10 Å². The van der Waals surface area contributed by atoms with Gasteiger partial charge in [0, 0.05) is 11.1 Å². The molecule has 0 saturated heterocycles. The van der Waals surface area contributed by atoms with Crippen LogP contribution in [0.5, 0.6) is 5.75 Å². The molecule has 0 saturated carbocycles. The fourth-order valence-corrected chi connectivity index (χ4v) is 3.24. The normalized spacial score (nSPS) is 14.9. The smallest absolute Gasteiger partial charge is 0.288 e. The molecule has 0 unspecified atom stereocenters. The molecule has 4 heterocycles. The Labute approximate surface area is 151 Å². The molecule has 0 amide bonds. The molecular weight excluding hydrogens is 350 g/mol. The second-order valence-electron chi connectivity index (χ2n) is 5.91. The van der Waals surface area contributed by atoms with Gasteiger partial charge in [-0.1, -0.05) is 17.2 Å². The van der Waals surface area contributed by atoms with Gasteiger partial charge in [-0.15, -0.1) is 0 Å². The number of aromatic nitrogens is 6. The van der Waals surface area contributed by atoms with E-state index in [1.807, 2.05) is 30.3 Å². The number of methoxy groups -OCH3 is 1. The number of nitrogens with one attached hydrogen (secondary N) is 2. The molecule has 0 radical (unpaired) electrons. The van der Waals surface area contributed by atoms with Crippen LogP contribution in [0.15, 0.2) is 51.9 Å². The van der Waals surface area contributed by atoms with E-state index in [0.29, 0.717) is 34.4 Å². The molecule has 5 rings (SSSR count). The zero-order valence-electron chi connectivity index (χ0n) is 14.1. The van der Waals surface area contributed by atoms with Gasteiger partial charge in [0.05, 0.1) is 19.1 Å². The first-order valence-corrected chi connectivity index (χ1v) is 8.11. The maximum atomic E-state index is 12.5. The van der Waals surface area contributed by atoms with Crippen LogP contribution in [0, 0.1) is 0 Å². The van der Waals surface area contributed by atoms with E-state index in [1.54, 1.807) is 24.1 Å². The summed E-state index contributed by atoms with van der Waals surface area (Å²) in [4.78, 5) is 12.5. The maximum Gasteiger partial charge on any atom is 0.288 e. The number of aromatic amines is 1. The number of nitrogens with zero attached hydrogens (tertiary/aromatic N) is 5. The lowest BCUT2D eigenvalue weighted by Crippen LogP contribution is -2.28. The van der Waals surface area contributed by atoms with E-state index < -0.39 is 6.04 Å². The Bertz CT molecular complexity index is 1180. The summed E-state index contributed by atoms with van der Waals surface area (Å²) in [7, 11) is 1.59. The zero-order chi connectivity index (χ0) is 18.4. The average molecular weight is 363 g/mol. The Morgan fingerprint density at radius 1 is 1.26 bits per heavy atom. The summed E-state index contributed by atoms with van der Waals surface area (Å²) in [6, 6.07) is 10.5. The fraction of sp³-hybridized carbons (Fsp3) is 0.118. The quantitative estimate of drug-likeness (QED) is 0.496. The summed E-state index contributed by atoms with van der Waals surface area (Å²) < 4.78 is 12.5. The lowest BCUT2D eigenvalue weighted by atomic mass is 9.96. The number of anilines is 2. The number of hydrogen-bond donors (Lipinski definition) is 2. The molecular formula is C17H13N7O3. The van der Waals surface area contributed by atoms with Gasteiger partial charge in [0.25, 0.3) is 5.56 Å². The fourth-order valence-electron chi connectivity index (χ4n) is 3.24. The van der Waals surface area contributed by atoms with Crippen LogP contribution in [0.1, 0.15) is 17.4 Å². The Kier molecular flexibility index (Phi) is 3.29. The molecule has 1 aliphatic rings. The average Bonchev–Trinajstić information content (AvgIpc) is 3.39. The van der Waals surface area contributed by atoms with Crippen LogP contribution < -0.4 is 15.6 Å². The highest BCUT2D eigenvalue weighted by Crippen LogP contribution is 2.41. The summed E-state index contributed by atoms with van der Waals surface area (Å²) in [6.07, 6.45) is 1.56. The highest BCUT2D eigenvalue weighted by Gasteiger charge is 2.35. The van der Waals surface area contributed by atoms with Gasteiger partial charge in [0.15, 0.2) is 0 Å². The molecule has 27 heavy (non-hydrogen) atoms. The molecule has 1 atom stereocenters. The second kappa shape index (κ2) is 5.80. The number of ether oxygens (including phenoxy) is 1. The summed E-state index contributed by atoms with van der Waals surface area (Å²) >= 11 is 0. The van der Waals surface area contributed by atoms with E-state index in [4.69, 9.17) is 9.15 Å². The minimum absolute atomic E-state index is 0.325. The Hall–Kier alpha value is -3.95. The predicted octanol–water partition coefficient (Wildman–Crippen LogP) is 1.72. The number of fused-ring (bicyclic) bond motifs is 2. The largest absolute Gasteiger partial charge is 0.497 e. The monoisotopic (exact) mass is 363 g/mol. The van der Waals surface area contributed by atoms with Crippen LogP contribution in [-0.2, 0) is 0 Å². The van der Waals surface area contributed by atoms with Crippen molar-refractivity contribution in [3.8, 4) is 17.0 Å². The molecule has 0 fully saturated rings. The van der Waals surface area contributed by atoms with Crippen molar-refractivity contribution >= 4 is 11.6 Å². The highest BCUT2D eigenvalue weighted by molar-refractivity contribution is 5.75. The van der Waals surface area contributed by atoms with E-state index in [2.05, 4.69) is 31.0 Å². The molecule has 0 aliphatic carbocycles. The molecule has 3 aromatic heterocycles. The predicted molar refractivity (Wildman–Crippen MR) is 93.9 cm³/mol. The third-order valence-electron chi connectivity index (χ3n) is 4.42. The summed E-state index contributed by atoms with van der Waals surface area (Å²) in [5.41, 5.74) is 1.91. The Morgan fingerprint density at radius 3 is 3.00 bits per heavy atom. The molecule has 1 aliphatic heterocycles. The van der Waals surface area contributed by atoms with Gasteiger partial charge in [0.1, 0.15) is 23.2 Å². The lowest BCUT2D eigenvalue weighted by Gasteiger charge is -2.26. The summed E-state index contributed by atoms with van der Waals surface area (Å²) in [6.45, 7) is 0. The maximum absolute atomic E-state index is 12.5. The van der Waals surface area contributed by atoms with Crippen LogP contribution >= 0.6 is 0 Å². The standard InChI is InChI=1S/C17H13N7O3/c1-26-10-5-2-4-9(8-10)13-12-14(16(25)20-19-13)18-17-21-22-23-24(17)15(12)11-6-3-7-27-11/h2-8,15H,1H3,(H,20,25)(H,18,21,23)/t15-/m0/s1. The number of tetrazole rings is 1. The third kappa shape index (κ3) is 2.30. The van der Waals surface area contributed by atoms with Gasteiger partial charge in [0.2, 0.25) is 5.95 Å².